The van der Waals surface area contributed by atoms with Crippen molar-refractivity contribution in [3.63, 3.8) is 0 Å². The van der Waals surface area contributed by atoms with Crippen LogP contribution in [0.15, 0.2) is 0 Å². The summed E-state index contributed by atoms with van der Waals surface area (Å²) in [5.74, 6) is -0.295. The molecule has 0 fully saturated rings. The van der Waals surface area contributed by atoms with Crippen LogP contribution in [0.5, 0.6) is 0 Å². The van der Waals surface area contributed by atoms with Crippen LogP contribution in [0.1, 0.15) is 13.3 Å². The molecule has 4 N–H and O–H groups in total. The summed E-state index contributed by atoms with van der Waals surface area (Å²) >= 11 is 0. The Morgan fingerprint density at radius 2 is 2.29 bits per heavy atom. The molecule has 0 bridgehead atoms. The Morgan fingerprint density at radius 3 is 2.71 bits per heavy atom. The molecule has 0 aliphatic carbocycles. The van der Waals surface area contributed by atoms with Gasteiger partial charge in [0.05, 0.1) is 12.6 Å². The van der Waals surface area contributed by atoms with E-state index < -0.39 is 0 Å². The van der Waals surface area contributed by atoms with Gasteiger partial charge in [0.15, 0.2) is 0 Å². The number of carbonyl (C=O) groups is 1. The number of methoxy groups -OCH3 is 1. The third-order valence-corrected chi connectivity index (χ3v) is 1.99. The second-order valence-corrected chi connectivity index (χ2v) is 3.31. The molecule has 84 valence electrons. The Hall–Kier alpha value is -0.650. The van der Waals surface area contributed by atoms with Gasteiger partial charge in [0.1, 0.15) is 0 Å². The normalized spacial score (nSPS) is 14.9. The van der Waals surface area contributed by atoms with E-state index in [2.05, 4.69) is 5.32 Å². The van der Waals surface area contributed by atoms with Crippen LogP contribution in [-0.4, -0.2) is 43.9 Å². The molecule has 2 atom stereocenters. The molecular formula is C9H20N2O3. The Kier molecular flexibility index (Phi) is 7.37. The first-order valence-electron chi connectivity index (χ1n) is 4.75. The zero-order chi connectivity index (χ0) is 11.0. The average molecular weight is 204 g/mol. The van der Waals surface area contributed by atoms with Gasteiger partial charge in [-0.25, -0.2) is 0 Å². The molecule has 0 aliphatic rings. The summed E-state index contributed by atoms with van der Waals surface area (Å²) in [5, 5.41) is 11.5. The van der Waals surface area contributed by atoms with Gasteiger partial charge in [-0.3, -0.25) is 4.79 Å². The molecule has 5 nitrogen and oxygen atoms in total. The fourth-order valence-electron chi connectivity index (χ4n) is 1.00. The van der Waals surface area contributed by atoms with Gasteiger partial charge >= 0.3 is 0 Å². The molecule has 0 radical (unpaired) electrons. The molecule has 0 saturated carbocycles. The number of nitrogens with one attached hydrogen (secondary N) is 1. The van der Waals surface area contributed by atoms with Gasteiger partial charge in [0.2, 0.25) is 5.91 Å². The number of ether oxygens (including phenoxy) is 1. The minimum absolute atomic E-state index is 0.0330. The molecule has 1 amide bonds. The first-order valence-corrected chi connectivity index (χ1v) is 4.75. The SMILES string of the molecule is COCC(CCO)NC(=O)C(C)CN. The van der Waals surface area contributed by atoms with Crippen molar-refractivity contribution in [2.45, 2.75) is 19.4 Å². The standard InChI is InChI=1S/C9H20N2O3/c1-7(5-10)9(13)11-8(3-4-12)6-14-2/h7-8,12H,3-6,10H2,1-2H3,(H,11,13). The van der Waals surface area contributed by atoms with Gasteiger partial charge < -0.3 is 20.9 Å². The largest absolute Gasteiger partial charge is 0.396 e. The molecule has 14 heavy (non-hydrogen) atoms. The lowest BCUT2D eigenvalue weighted by Crippen LogP contribution is -2.42. The van der Waals surface area contributed by atoms with Gasteiger partial charge in [-0.15, -0.1) is 0 Å². The number of rotatable bonds is 7. The molecule has 0 spiro atoms. The van der Waals surface area contributed by atoms with Crippen molar-refractivity contribution >= 4 is 5.91 Å². The highest BCUT2D eigenvalue weighted by Gasteiger charge is 2.15. The van der Waals surface area contributed by atoms with Crippen molar-refractivity contribution in [3.8, 4) is 0 Å². The van der Waals surface area contributed by atoms with Crippen LogP contribution in [-0.2, 0) is 9.53 Å². The van der Waals surface area contributed by atoms with Gasteiger partial charge in [0, 0.05) is 26.2 Å². The average Bonchev–Trinajstić information content (AvgIpc) is 2.17. The Morgan fingerprint density at radius 1 is 1.64 bits per heavy atom. The molecular weight excluding hydrogens is 184 g/mol. The fraction of sp³-hybridized carbons (Fsp3) is 0.889. The second-order valence-electron chi connectivity index (χ2n) is 3.31. The van der Waals surface area contributed by atoms with E-state index in [1.165, 1.54) is 0 Å². The van der Waals surface area contributed by atoms with Crippen molar-refractivity contribution < 1.29 is 14.6 Å². The second kappa shape index (κ2) is 7.73. The molecule has 0 heterocycles. The first kappa shape index (κ1) is 13.4. The smallest absolute Gasteiger partial charge is 0.224 e. The van der Waals surface area contributed by atoms with Gasteiger partial charge in [-0.2, -0.15) is 0 Å². The number of hydrogen-bond donors (Lipinski definition) is 3. The highest BCUT2D eigenvalue weighted by molar-refractivity contribution is 5.78. The van der Waals surface area contributed by atoms with Gasteiger partial charge in [-0.05, 0) is 6.42 Å². The van der Waals surface area contributed by atoms with Gasteiger partial charge in [0.25, 0.3) is 0 Å². The van der Waals surface area contributed by atoms with E-state index in [-0.39, 0.29) is 24.5 Å². The number of amides is 1. The summed E-state index contributed by atoms with van der Waals surface area (Å²) in [5.41, 5.74) is 5.36. The van der Waals surface area contributed by atoms with E-state index in [1.807, 2.05) is 0 Å². The third-order valence-electron chi connectivity index (χ3n) is 1.99. The molecule has 5 heteroatoms. The number of aliphatic hydroxyl groups excluding tert-OH is 1. The predicted octanol–water partition coefficient (Wildman–Crippen LogP) is -0.905. The molecule has 0 rings (SSSR count). The Bertz CT molecular complexity index is 158. The summed E-state index contributed by atoms with van der Waals surface area (Å²) in [6.45, 7) is 2.53. The summed E-state index contributed by atoms with van der Waals surface area (Å²) in [6, 6.07) is -0.133. The lowest BCUT2D eigenvalue weighted by Gasteiger charge is -2.18. The van der Waals surface area contributed by atoms with Crippen LogP contribution < -0.4 is 11.1 Å². The zero-order valence-electron chi connectivity index (χ0n) is 8.82. The van der Waals surface area contributed by atoms with Crippen LogP contribution in [0.25, 0.3) is 0 Å². The lowest BCUT2D eigenvalue weighted by atomic mass is 10.1. The van der Waals surface area contributed by atoms with E-state index in [0.717, 1.165) is 0 Å². The maximum Gasteiger partial charge on any atom is 0.224 e. The topological polar surface area (TPSA) is 84.6 Å². The van der Waals surface area contributed by atoms with E-state index in [4.69, 9.17) is 15.6 Å². The van der Waals surface area contributed by atoms with Crippen molar-refractivity contribution in [1.29, 1.82) is 0 Å². The summed E-state index contributed by atoms with van der Waals surface area (Å²) < 4.78 is 4.91. The van der Waals surface area contributed by atoms with Crippen LogP contribution in [0.3, 0.4) is 0 Å². The lowest BCUT2D eigenvalue weighted by molar-refractivity contribution is -0.125. The molecule has 0 aromatic heterocycles. The van der Waals surface area contributed by atoms with Crippen molar-refractivity contribution in [2.24, 2.45) is 11.7 Å². The van der Waals surface area contributed by atoms with E-state index in [9.17, 15) is 4.79 Å². The Labute approximate surface area is 84.6 Å². The summed E-state index contributed by atoms with van der Waals surface area (Å²) in [6.07, 6.45) is 0.497. The quantitative estimate of drug-likeness (QED) is 0.501. The predicted molar refractivity (Wildman–Crippen MR) is 53.7 cm³/mol. The van der Waals surface area contributed by atoms with E-state index in [0.29, 0.717) is 19.6 Å². The van der Waals surface area contributed by atoms with Crippen LogP contribution in [0, 0.1) is 5.92 Å². The van der Waals surface area contributed by atoms with E-state index >= 15 is 0 Å². The van der Waals surface area contributed by atoms with Crippen LogP contribution in [0.4, 0.5) is 0 Å². The first-order chi connectivity index (χ1) is 6.65. The Balaban J connectivity index is 3.94. The monoisotopic (exact) mass is 204 g/mol. The van der Waals surface area contributed by atoms with Crippen molar-refractivity contribution in [3.05, 3.63) is 0 Å². The number of nitrogens with two attached hydrogens (primary N) is 1. The van der Waals surface area contributed by atoms with Crippen molar-refractivity contribution in [2.75, 3.05) is 26.9 Å². The number of aliphatic hydroxyl groups is 1. The summed E-state index contributed by atoms with van der Waals surface area (Å²) in [7, 11) is 1.56. The van der Waals surface area contributed by atoms with Crippen LogP contribution in [0.2, 0.25) is 0 Å². The molecule has 0 saturated heterocycles. The number of carbonyl (C=O) groups excluding carboxylic acids is 1. The molecule has 2 unspecified atom stereocenters. The number of hydrogen-bond acceptors (Lipinski definition) is 4. The van der Waals surface area contributed by atoms with E-state index in [1.54, 1.807) is 14.0 Å². The highest BCUT2D eigenvalue weighted by Crippen LogP contribution is 1.96. The molecule has 0 aromatic carbocycles. The zero-order valence-corrected chi connectivity index (χ0v) is 8.82. The maximum atomic E-state index is 11.4. The van der Waals surface area contributed by atoms with Gasteiger partial charge in [-0.1, -0.05) is 6.92 Å². The van der Waals surface area contributed by atoms with Crippen molar-refractivity contribution in [1.82, 2.24) is 5.32 Å². The highest BCUT2D eigenvalue weighted by atomic mass is 16.5. The third kappa shape index (κ3) is 5.16. The minimum Gasteiger partial charge on any atom is -0.396 e. The molecule has 0 aliphatic heterocycles. The fourth-order valence-corrected chi connectivity index (χ4v) is 1.00. The molecule has 0 aromatic rings. The maximum absolute atomic E-state index is 11.4. The summed E-state index contributed by atoms with van der Waals surface area (Å²) in [4.78, 5) is 11.4. The minimum atomic E-state index is -0.201. The van der Waals surface area contributed by atoms with Crippen LogP contribution >= 0.6 is 0 Å².